The Labute approximate surface area is 206 Å². The minimum Gasteiger partial charge on any atom is -0.497 e. The average molecular weight is 495 g/mol. The molecule has 0 aliphatic carbocycles. The summed E-state index contributed by atoms with van der Waals surface area (Å²) in [4.78, 5) is 25.3. The van der Waals surface area contributed by atoms with E-state index in [4.69, 9.17) is 11.2 Å². The van der Waals surface area contributed by atoms with Crippen molar-refractivity contribution < 1.29 is 28.7 Å². The Bertz CT molecular complexity index is 1290. The molecule has 0 amide bonds. The van der Waals surface area contributed by atoms with Crippen LogP contribution in [0.1, 0.15) is 13.3 Å². The Kier molecular flexibility index (Phi) is 8.34. The van der Waals surface area contributed by atoms with Gasteiger partial charge in [0.25, 0.3) is 0 Å². The van der Waals surface area contributed by atoms with Gasteiger partial charge in [-0.3, -0.25) is 13.9 Å². The summed E-state index contributed by atoms with van der Waals surface area (Å²) in [6, 6.07) is 16.9. The predicted molar refractivity (Wildman–Crippen MR) is 136 cm³/mol. The van der Waals surface area contributed by atoms with Gasteiger partial charge in [0.2, 0.25) is 0 Å². The van der Waals surface area contributed by atoms with Gasteiger partial charge in [0.05, 0.1) is 30.7 Å². The van der Waals surface area contributed by atoms with Crippen molar-refractivity contribution in [3.8, 4) is 18.1 Å². The van der Waals surface area contributed by atoms with Crippen molar-refractivity contribution in [1.82, 2.24) is 0 Å². The second-order valence-corrected chi connectivity index (χ2v) is 9.19. The molecule has 0 aromatic heterocycles. The Morgan fingerprint density at radius 2 is 1.60 bits per heavy atom. The van der Waals surface area contributed by atoms with Gasteiger partial charge in [-0.25, -0.2) is 4.21 Å². The largest absolute Gasteiger partial charge is 0.497 e. The number of carboxylic acid groups (broad SMARTS) is 2. The molecule has 0 spiro atoms. The normalized spacial score (nSPS) is 12.4. The Balaban J connectivity index is 2.14. The van der Waals surface area contributed by atoms with E-state index in [-0.39, 0.29) is 19.0 Å². The number of hydrogen-bond donors (Lipinski definition) is 2. The summed E-state index contributed by atoms with van der Waals surface area (Å²) in [6.45, 7) is 1.48. The van der Waals surface area contributed by atoms with Crippen LogP contribution < -0.4 is 13.9 Å². The smallest absolute Gasteiger partial charge is 0.324 e. The predicted octanol–water partition coefficient (Wildman–Crippen LogP) is 3.77. The van der Waals surface area contributed by atoms with Gasteiger partial charge in [-0.2, -0.15) is 0 Å². The minimum atomic E-state index is -1.82. The molecule has 3 aromatic carbocycles. The number of aliphatic carboxylic acids is 2. The number of rotatable bonds is 11. The summed E-state index contributed by atoms with van der Waals surface area (Å²) < 4.78 is 20.0. The molecular weight excluding hydrogens is 468 g/mol. The number of ether oxygens (including phenoxy) is 1. The van der Waals surface area contributed by atoms with Gasteiger partial charge in [0, 0.05) is 22.5 Å². The molecule has 0 radical (unpaired) electrons. The lowest BCUT2D eigenvalue weighted by Crippen LogP contribution is -2.35. The van der Waals surface area contributed by atoms with Gasteiger partial charge < -0.3 is 19.8 Å². The number of terminal acetylenes is 1. The molecule has 2 atom stereocenters. The number of benzene rings is 3. The number of nitrogens with zero attached hydrogens (tertiary/aromatic N) is 2. The van der Waals surface area contributed by atoms with Crippen LogP contribution in [0.15, 0.2) is 65.6 Å². The zero-order chi connectivity index (χ0) is 25.5. The maximum Gasteiger partial charge on any atom is 0.324 e. The standard InChI is InChI=1S/C26H26N2O6S/c1-4-15-27(18(2)16-25(29)30)23-13-14-24(22-8-6-5-7-21(22)23)28(17-26(31)32)35(33)20-11-9-19(34-3)10-12-20/h1,5-14,18H,15-17H2,2-3H3,(H,29,30)(H,31,32)/t18-,35?/m0/s1. The van der Waals surface area contributed by atoms with E-state index in [1.54, 1.807) is 49.4 Å². The fourth-order valence-corrected chi connectivity index (χ4v) is 5.04. The van der Waals surface area contributed by atoms with E-state index < -0.39 is 29.5 Å². The number of methoxy groups -OCH3 is 1. The molecule has 0 aliphatic rings. The van der Waals surface area contributed by atoms with Crippen LogP contribution in [0.3, 0.4) is 0 Å². The Morgan fingerprint density at radius 3 is 2.14 bits per heavy atom. The van der Waals surface area contributed by atoms with Crippen LogP contribution in [0.2, 0.25) is 0 Å². The van der Waals surface area contributed by atoms with Crippen LogP contribution in [0, 0.1) is 12.3 Å². The van der Waals surface area contributed by atoms with E-state index in [0.717, 1.165) is 5.39 Å². The van der Waals surface area contributed by atoms with Crippen LogP contribution in [0.25, 0.3) is 10.8 Å². The highest BCUT2D eigenvalue weighted by atomic mass is 32.2. The van der Waals surface area contributed by atoms with Crippen LogP contribution in [0.4, 0.5) is 11.4 Å². The lowest BCUT2D eigenvalue weighted by molar-refractivity contribution is -0.137. The third-order valence-corrected chi connectivity index (χ3v) is 6.86. The molecular formula is C26H26N2O6S. The number of carbonyl (C=O) groups is 2. The average Bonchev–Trinajstić information content (AvgIpc) is 2.84. The molecule has 3 rings (SSSR count). The van der Waals surface area contributed by atoms with Gasteiger partial charge in [-0.05, 0) is 43.3 Å². The zero-order valence-electron chi connectivity index (χ0n) is 19.4. The summed E-state index contributed by atoms with van der Waals surface area (Å²) in [7, 11) is -0.298. The van der Waals surface area contributed by atoms with Crippen molar-refractivity contribution in [2.45, 2.75) is 24.3 Å². The summed E-state index contributed by atoms with van der Waals surface area (Å²) in [5.41, 5.74) is 1.18. The molecule has 1 unspecified atom stereocenters. The summed E-state index contributed by atoms with van der Waals surface area (Å²) in [6.07, 6.45) is 5.47. The first-order chi connectivity index (χ1) is 16.8. The van der Waals surface area contributed by atoms with Crippen molar-refractivity contribution in [3.63, 3.8) is 0 Å². The van der Waals surface area contributed by atoms with E-state index in [1.165, 1.54) is 11.4 Å². The zero-order valence-corrected chi connectivity index (χ0v) is 20.2. The van der Waals surface area contributed by atoms with Gasteiger partial charge in [0.15, 0.2) is 11.0 Å². The molecule has 0 fully saturated rings. The molecule has 35 heavy (non-hydrogen) atoms. The fraction of sp³-hybridized carbons (Fsp3) is 0.231. The molecule has 0 aliphatic heterocycles. The quantitative estimate of drug-likeness (QED) is 0.391. The van der Waals surface area contributed by atoms with Crippen LogP contribution in [0.5, 0.6) is 5.75 Å². The maximum absolute atomic E-state index is 13.5. The first-order valence-corrected chi connectivity index (χ1v) is 11.9. The first kappa shape index (κ1) is 25.6. The number of hydrogen-bond acceptors (Lipinski definition) is 5. The number of fused-ring (bicyclic) bond motifs is 1. The second kappa shape index (κ2) is 11.4. The van der Waals surface area contributed by atoms with Crippen LogP contribution in [-0.4, -0.2) is 52.6 Å². The van der Waals surface area contributed by atoms with E-state index >= 15 is 0 Å². The van der Waals surface area contributed by atoms with E-state index in [2.05, 4.69) is 5.92 Å². The molecule has 9 heteroatoms. The molecule has 0 saturated heterocycles. The van der Waals surface area contributed by atoms with Crippen molar-refractivity contribution in [1.29, 1.82) is 0 Å². The molecule has 0 bridgehead atoms. The SMILES string of the molecule is C#CCN(c1ccc(N(CC(=O)O)S(=O)c2ccc(OC)cc2)c2ccccc12)[C@@H](C)CC(=O)O. The first-order valence-electron chi connectivity index (χ1n) is 10.8. The molecule has 2 N–H and O–H groups in total. The maximum atomic E-state index is 13.5. The number of carboxylic acids is 2. The van der Waals surface area contributed by atoms with Gasteiger partial charge in [-0.15, -0.1) is 6.42 Å². The topological polar surface area (TPSA) is 107 Å². The van der Waals surface area contributed by atoms with E-state index in [1.807, 2.05) is 23.1 Å². The summed E-state index contributed by atoms with van der Waals surface area (Å²) >= 11 is 0. The molecule has 0 saturated carbocycles. The second-order valence-electron chi connectivity index (χ2n) is 7.78. The monoisotopic (exact) mass is 494 g/mol. The van der Waals surface area contributed by atoms with Crippen molar-refractivity contribution in [2.75, 3.05) is 29.4 Å². The molecule has 0 heterocycles. The summed E-state index contributed by atoms with van der Waals surface area (Å²) in [5.74, 6) is 1.10. The van der Waals surface area contributed by atoms with E-state index in [0.29, 0.717) is 27.4 Å². The minimum absolute atomic E-state index is 0.107. The Morgan fingerprint density at radius 1 is 1.00 bits per heavy atom. The fourth-order valence-electron chi connectivity index (χ4n) is 3.85. The highest BCUT2D eigenvalue weighted by Crippen LogP contribution is 2.36. The lowest BCUT2D eigenvalue weighted by Gasteiger charge is -2.31. The van der Waals surface area contributed by atoms with E-state index in [9.17, 15) is 24.0 Å². The van der Waals surface area contributed by atoms with Crippen LogP contribution >= 0.6 is 0 Å². The highest BCUT2D eigenvalue weighted by molar-refractivity contribution is 7.86. The lowest BCUT2D eigenvalue weighted by atomic mass is 10.0. The van der Waals surface area contributed by atoms with Gasteiger partial charge in [-0.1, -0.05) is 30.2 Å². The molecule has 3 aromatic rings. The van der Waals surface area contributed by atoms with Gasteiger partial charge >= 0.3 is 11.9 Å². The third-order valence-electron chi connectivity index (χ3n) is 5.46. The van der Waals surface area contributed by atoms with Crippen LogP contribution in [-0.2, 0) is 20.6 Å². The Hall–Kier alpha value is -4.03. The third kappa shape index (κ3) is 5.91. The molecule has 182 valence electrons. The highest BCUT2D eigenvalue weighted by Gasteiger charge is 2.24. The van der Waals surface area contributed by atoms with Gasteiger partial charge in [0.1, 0.15) is 12.3 Å². The van der Waals surface area contributed by atoms with Crippen molar-refractivity contribution in [2.24, 2.45) is 0 Å². The number of anilines is 2. The van der Waals surface area contributed by atoms with Crippen molar-refractivity contribution in [3.05, 3.63) is 60.7 Å². The molecule has 8 nitrogen and oxygen atoms in total. The summed E-state index contributed by atoms with van der Waals surface area (Å²) in [5, 5.41) is 20.3. The van der Waals surface area contributed by atoms with Crippen molar-refractivity contribution >= 4 is 45.1 Å².